The van der Waals surface area contributed by atoms with Gasteiger partial charge < -0.3 is 9.64 Å². The van der Waals surface area contributed by atoms with Gasteiger partial charge in [-0.15, -0.1) is 0 Å². The van der Waals surface area contributed by atoms with Crippen LogP contribution in [0.3, 0.4) is 0 Å². The van der Waals surface area contributed by atoms with Gasteiger partial charge in [0, 0.05) is 42.8 Å². The number of carbonyl (C=O) groups excluding carboxylic acids is 1. The Morgan fingerprint density at radius 1 is 1.00 bits per heavy atom. The van der Waals surface area contributed by atoms with Crippen LogP contribution >= 0.6 is 11.6 Å². The molecular formula is C26H27ClN8O4S. The number of hydrogen-bond acceptors (Lipinski definition) is 8. The molecule has 5 aromatic heterocycles. The minimum absolute atomic E-state index is 0.0639. The number of rotatable bonds is 4. The molecule has 0 radical (unpaired) electrons. The molecule has 0 aromatic carbocycles. The maximum Gasteiger partial charge on any atom is 0.410 e. The van der Waals surface area contributed by atoms with E-state index in [2.05, 4.69) is 20.2 Å². The van der Waals surface area contributed by atoms with Crippen LogP contribution in [0.2, 0.25) is 5.02 Å². The van der Waals surface area contributed by atoms with Crippen LogP contribution in [0.25, 0.3) is 27.8 Å². The van der Waals surface area contributed by atoms with E-state index < -0.39 is 15.6 Å². The summed E-state index contributed by atoms with van der Waals surface area (Å²) in [6.45, 7) is 6.72. The average Bonchev–Trinajstić information content (AvgIpc) is 3.65. The molecule has 40 heavy (non-hydrogen) atoms. The Balaban J connectivity index is 1.25. The van der Waals surface area contributed by atoms with Gasteiger partial charge in [0.15, 0.2) is 5.03 Å². The first-order chi connectivity index (χ1) is 19.0. The van der Waals surface area contributed by atoms with Crippen molar-refractivity contribution >= 4 is 44.4 Å². The normalized spacial score (nSPS) is 15.2. The monoisotopic (exact) mass is 582 g/mol. The molecule has 12 nitrogen and oxygen atoms in total. The molecule has 0 aliphatic carbocycles. The number of likely N-dealkylation sites (tertiary alicyclic amines) is 1. The van der Waals surface area contributed by atoms with Gasteiger partial charge >= 0.3 is 16.1 Å². The maximum absolute atomic E-state index is 13.6. The molecular weight excluding hydrogens is 556 g/mol. The lowest BCUT2D eigenvalue weighted by Crippen LogP contribution is -2.42. The molecule has 0 unspecified atom stereocenters. The summed E-state index contributed by atoms with van der Waals surface area (Å²) in [6.07, 6.45) is 10.7. The smallest absolute Gasteiger partial charge is 0.410 e. The summed E-state index contributed by atoms with van der Waals surface area (Å²) >= 11 is 6.10. The first kappa shape index (κ1) is 26.3. The predicted molar refractivity (Wildman–Crippen MR) is 148 cm³/mol. The van der Waals surface area contributed by atoms with Crippen LogP contribution in [0.1, 0.15) is 39.7 Å². The number of pyridine rings is 2. The van der Waals surface area contributed by atoms with Crippen LogP contribution in [-0.4, -0.2) is 71.4 Å². The highest BCUT2D eigenvalue weighted by Crippen LogP contribution is 2.29. The molecule has 0 atom stereocenters. The molecule has 1 aliphatic rings. The first-order valence-electron chi connectivity index (χ1n) is 12.7. The van der Waals surface area contributed by atoms with Crippen molar-refractivity contribution in [1.82, 2.24) is 38.2 Å². The maximum atomic E-state index is 13.6. The number of fused-ring (bicyclic) bond motifs is 2. The van der Waals surface area contributed by atoms with Crippen LogP contribution in [0.5, 0.6) is 0 Å². The number of nitrogens with zero attached hydrogens (tertiary/aromatic N) is 8. The van der Waals surface area contributed by atoms with E-state index in [0.717, 1.165) is 22.5 Å². The Bertz CT molecular complexity index is 1850. The van der Waals surface area contributed by atoms with Crippen LogP contribution in [-0.2, 0) is 14.8 Å². The van der Waals surface area contributed by atoms with E-state index in [4.69, 9.17) is 16.3 Å². The van der Waals surface area contributed by atoms with Crippen LogP contribution in [0.15, 0.2) is 60.4 Å². The molecule has 208 valence electrons. The summed E-state index contributed by atoms with van der Waals surface area (Å²) in [5.74, 6) is 0. The van der Waals surface area contributed by atoms with Gasteiger partial charge in [-0.3, -0.25) is 14.1 Å². The zero-order valence-electron chi connectivity index (χ0n) is 22.1. The summed E-state index contributed by atoms with van der Waals surface area (Å²) in [5, 5.41) is 9.01. The van der Waals surface area contributed by atoms with Gasteiger partial charge in [-0.25, -0.2) is 9.78 Å². The van der Waals surface area contributed by atoms with Gasteiger partial charge in [0.1, 0.15) is 22.3 Å². The van der Waals surface area contributed by atoms with Gasteiger partial charge in [-0.2, -0.15) is 22.7 Å². The van der Waals surface area contributed by atoms with Crippen molar-refractivity contribution < 1.29 is 17.9 Å². The number of carbonyl (C=O) groups is 1. The van der Waals surface area contributed by atoms with Crippen LogP contribution < -0.4 is 0 Å². The number of amides is 1. The molecule has 14 heteroatoms. The number of piperidine rings is 1. The number of ether oxygens (including phenoxy) is 1. The largest absolute Gasteiger partial charge is 0.444 e. The Labute approximate surface area is 235 Å². The average molecular weight is 583 g/mol. The van der Waals surface area contributed by atoms with Crippen molar-refractivity contribution in [1.29, 1.82) is 0 Å². The molecule has 1 fully saturated rings. The van der Waals surface area contributed by atoms with Gasteiger partial charge in [-0.1, -0.05) is 11.6 Å². The summed E-state index contributed by atoms with van der Waals surface area (Å²) in [4.78, 5) is 22.8. The van der Waals surface area contributed by atoms with E-state index in [0.29, 0.717) is 40.4 Å². The lowest BCUT2D eigenvalue weighted by molar-refractivity contribution is 0.0184. The molecule has 0 bridgehead atoms. The Morgan fingerprint density at radius 2 is 1.77 bits per heavy atom. The fourth-order valence-electron chi connectivity index (χ4n) is 4.77. The van der Waals surface area contributed by atoms with Crippen molar-refractivity contribution in [3.8, 4) is 11.1 Å². The number of imidazole rings is 1. The fraction of sp³-hybridized carbons (Fsp3) is 0.346. The minimum Gasteiger partial charge on any atom is -0.444 e. The topological polar surface area (TPSA) is 130 Å². The molecule has 0 saturated carbocycles. The molecule has 1 saturated heterocycles. The van der Waals surface area contributed by atoms with E-state index >= 15 is 0 Å². The summed E-state index contributed by atoms with van der Waals surface area (Å²) in [7, 11) is -4.11. The van der Waals surface area contributed by atoms with E-state index in [-0.39, 0.29) is 17.2 Å². The molecule has 0 N–H and O–H groups in total. The molecule has 1 aliphatic heterocycles. The van der Waals surface area contributed by atoms with Gasteiger partial charge in [0.05, 0.1) is 29.7 Å². The van der Waals surface area contributed by atoms with Gasteiger partial charge in [0.25, 0.3) is 0 Å². The molecule has 6 rings (SSSR count). The third kappa shape index (κ3) is 4.79. The highest BCUT2D eigenvalue weighted by molar-refractivity contribution is 7.90. The zero-order chi connectivity index (χ0) is 28.2. The van der Waals surface area contributed by atoms with Gasteiger partial charge in [-0.05, 0) is 51.8 Å². The molecule has 6 heterocycles. The lowest BCUT2D eigenvalue weighted by Gasteiger charge is -2.33. The third-order valence-corrected chi connectivity index (χ3v) is 8.54. The second kappa shape index (κ2) is 9.59. The van der Waals surface area contributed by atoms with Crippen molar-refractivity contribution in [3.63, 3.8) is 0 Å². The molecule has 0 spiro atoms. The Hall–Kier alpha value is -3.97. The van der Waals surface area contributed by atoms with Crippen molar-refractivity contribution in [2.75, 3.05) is 13.1 Å². The molecule has 1 amide bonds. The second-order valence-corrected chi connectivity index (χ2v) is 12.9. The van der Waals surface area contributed by atoms with E-state index in [1.165, 1.54) is 23.0 Å². The predicted octanol–water partition coefficient (Wildman–Crippen LogP) is 4.40. The summed E-state index contributed by atoms with van der Waals surface area (Å²) < 4.78 is 37.0. The Kier molecular flexibility index (Phi) is 6.30. The quantitative estimate of drug-likeness (QED) is 0.305. The third-order valence-electron chi connectivity index (χ3n) is 6.74. The van der Waals surface area contributed by atoms with Gasteiger partial charge in [0.2, 0.25) is 0 Å². The van der Waals surface area contributed by atoms with Crippen molar-refractivity contribution in [2.24, 2.45) is 0 Å². The summed E-state index contributed by atoms with van der Waals surface area (Å²) in [5.41, 5.74) is 2.16. The lowest BCUT2D eigenvalue weighted by atomic mass is 10.1. The number of halogens is 1. The number of aromatic nitrogens is 7. The SMILES string of the molecule is CC(C)(C)OC(=O)N1CCC(n2cc(-c3cnc4cnn(S(=O)(=O)c5cnc6ccc(Cl)cn56)c4c3)cn2)CC1. The minimum atomic E-state index is -4.11. The van der Waals surface area contributed by atoms with Crippen LogP contribution in [0, 0.1) is 0 Å². The van der Waals surface area contributed by atoms with E-state index in [1.807, 2.05) is 31.6 Å². The van der Waals surface area contributed by atoms with Crippen molar-refractivity contribution in [3.05, 3.63) is 60.4 Å². The fourth-order valence-corrected chi connectivity index (χ4v) is 6.27. The first-order valence-corrected chi connectivity index (χ1v) is 14.6. The van der Waals surface area contributed by atoms with Crippen LogP contribution in [0.4, 0.5) is 4.79 Å². The van der Waals surface area contributed by atoms with Crippen molar-refractivity contribution in [2.45, 2.75) is 50.3 Å². The second-order valence-electron chi connectivity index (χ2n) is 10.7. The number of hydrogen-bond donors (Lipinski definition) is 0. The highest BCUT2D eigenvalue weighted by Gasteiger charge is 2.28. The van der Waals surface area contributed by atoms with E-state index in [1.54, 1.807) is 35.5 Å². The standard InChI is InChI=1S/C26H27ClN8O4S/c1-26(2,3)39-25(36)32-8-6-20(7-9-32)34-15-18(12-30-34)17-10-22-21(28-11-17)13-31-35(22)40(37,38)24-14-29-23-5-4-19(27)16-33(23)24/h4-5,10-16,20H,6-9H2,1-3H3. The summed E-state index contributed by atoms with van der Waals surface area (Å²) in [6, 6.07) is 5.14. The zero-order valence-corrected chi connectivity index (χ0v) is 23.7. The Morgan fingerprint density at radius 3 is 2.52 bits per heavy atom. The highest BCUT2D eigenvalue weighted by atomic mass is 35.5. The van der Waals surface area contributed by atoms with E-state index in [9.17, 15) is 13.2 Å². The molecule has 5 aromatic rings.